The Hall–Kier alpha value is -2.38. The lowest BCUT2D eigenvalue weighted by atomic mass is 10.2. The lowest BCUT2D eigenvalue weighted by Crippen LogP contribution is -2.31. The van der Waals surface area contributed by atoms with E-state index in [1.54, 1.807) is 31.2 Å². The molecule has 1 atom stereocenters. The highest BCUT2D eigenvalue weighted by atomic mass is 32.2. The van der Waals surface area contributed by atoms with Crippen molar-refractivity contribution in [1.29, 1.82) is 0 Å². The van der Waals surface area contributed by atoms with Gasteiger partial charge in [-0.25, -0.2) is 13.1 Å². The highest BCUT2D eigenvalue weighted by Gasteiger charge is 2.16. The second-order valence-electron chi connectivity index (χ2n) is 6.10. The first-order chi connectivity index (χ1) is 12.3. The molecule has 0 fully saturated rings. The molecular weight excluding hydrogens is 352 g/mol. The number of hydrogen-bond acceptors (Lipinski definition) is 4. The first-order valence-electron chi connectivity index (χ1n) is 8.42. The molecule has 0 aliphatic heterocycles. The number of carbonyl (C=O) groups is 1. The van der Waals surface area contributed by atoms with Crippen LogP contribution in [0.5, 0.6) is 5.75 Å². The van der Waals surface area contributed by atoms with Gasteiger partial charge >= 0.3 is 0 Å². The Balaban J connectivity index is 1.91. The van der Waals surface area contributed by atoms with Crippen LogP contribution in [-0.2, 0) is 14.8 Å². The topological polar surface area (TPSA) is 84.5 Å². The van der Waals surface area contributed by atoms with Gasteiger partial charge in [0.1, 0.15) is 5.75 Å². The molecule has 0 saturated carbocycles. The number of sulfonamides is 1. The Kier molecular flexibility index (Phi) is 6.76. The standard InChI is InChI=1S/C19H24N2O4S/c1-4-15(3)21-26(23,24)18-11-7-16(8-12-18)20-19(22)13-25-17-9-5-14(2)6-10-17/h5-12,15,21H,4,13H2,1-3H3,(H,20,22). The molecule has 0 aliphatic carbocycles. The molecule has 0 spiro atoms. The van der Waals surface area contributed by atoms with Crippen LogP contribution in [0.25, 0.3) is 0 Å². The van der Waals surface area contributed by atoms with Gasteiger partial charge in [0.15, 0.2) is 6.61 Å². The molecular formula is C19H24N2O4S. The summed E-state index contributed by atoms with van der Waals surface area (Å²) in [7, 11) is -3.55. The normalized spacial score (nSPS) is 12.4. The van der Waals surface area contributed by atoms with E-state index in [-0.39, 0.29) is 23.5 Å². The van der Waals surface area contributed by atoms with Crippen LogP contribution in [-0.4, -0.2) is 27.0 Å². The highest BCUT2D eigenvalue weighted by Crippen LogP contribution is 2.15. The van der Waals surface area contributed by atoms with Crippen LogP contribution >= 0.6 is 0 Å². The SMILES string of the molecule is CCC(C)NS(=O)(=O)c1ccc(NC(=O)COc2ccc(C)cc2)cc1. The van der Waals surface area contributed by atoms with E-state index < -0.39 is 10.0 Å². The lowest BCUT2D eigenvalue weighted by Gasteiger charge is -2.12. The fourth-order valence-electron chi connectivity index (χ4n) is 2.11. The molecule has 0 aliphatic rings. The Labute approximate surface area is 154 Å². The van der Waals surface area contributed by atoms with Crippen LogP contribution in [0.2, 0.25) is 0 Å². The maximum Gasteiger partial charge on any atom is 0.262 e. The van der Waals surface area contributed by atoms with Gasteiger partial charge in [-0.15, -0.1) is 0 Å². The fraction of sp³-hybridized carbons (Fsp3) is 0.316. The molecule has 1 unspecified atom stereocenters. The molecule has 0 aromatic heterocycles. The van der Waals surface area contributed by atoms with Crippen molar-refractivity contribution in [3.05, 3.63) is 54.1 Å². The van der Waals surface area contributed by atoms with Crippen LogP contribution in [0.3, 0.4) is 0 Å². The molecule has 26 heavy (non-hydrogen) atoms. The molecule has 6 nitrogen and oxygen atoms in total. The molecule has 1 amide bonds. The minimum absolute atomic E-state index is 0.126. The van der Waals surface area contributed by atoms with Gasteiger partial charge in [0.25, 0.3) is 5.91 Å². The number of aryl methyl sites for hydroxylation is 1. The summed E-state index contributed by atoms with van der Waals surface area (Å²) >= 11 is 0. The average molecular weight is 376 g/mol. The molecule has 0 radical (unpaired) electrons. The van der Waals surface area contributed by atoms with Crippen LogP contribution in [0.1, 0.15) is 25.8 Å². The molecule has 0 saturated heterocycles. The van der Waals surface area contributed by atoms with E-state index in [1.807, 2.05) is 26.0 Å². The summed E-state index contributed by atoms with van der Waals surface area (Å²) in [4.78, 5) is 12.1. The smallest absolute Gasteiger partial charge is 0.262 e. The lowest BCUT2D eigenvalue weighted by molar-refractivity contribution is -0.118. The Morgan fingerprint density at radius 1 is 1.08 bits per heavy atom. The first kappa shape index (κ1) is 19.9. The van der Waals surface area contributed by atoms with Gasteiger partial charge in [-0.1, -0.05) is 24.6 Å². The third kappa shape index (κ3) is 5.86. The van der Waals surface area contributed by atoms with Crippen LogP contribution in [0.15, 0.2) is 53.4 Å². The zero-order valence-corrected chi connectivity index (χ0v) is 16.0. The van der Waals surface area contributed by atoms with Gasteiger partial charge in [-0.3, -0.25) is 4.79 Å². The number of ether oxygens (including phenoxy) is 1. The van der Waals surface area contributed by atoms with E-state index in [1.165, 1.54) is 12.1 Å². The predicted molar refractivity (Wildman–Crippen MR) is 102 cm³/mol. The summed E-state index contributed by atoms with van der Waals surface area (Å²) in [5.41, 5.74) is 1.62. The molecule has 7 heteroatoms. The summed E-state index contributed by atoms with van der Waals surface area (Å²) in [6.07, 6.45) is 0.703. The molecule has 2 rings (SSSR count). The number of amides is 1. The summed E-state index contributed by atoms with van der Waals surface area (Å²) in [6.45, 7) is 5.56. The Morgan fingerprint density at radius 3 is 2.27 bits per heavy atom. The van der Waals surface area contributed by atoms with Crippen molar-refractivity contribution in [2.75, 3.05) is 11.9 Å². The number of carbonyl (C=O) groups excluding carboxylic acids is 1. The minimum Gasteiger partial charge on any atom is -0.484 e. The van der Waals surface area contributed by atoms with Crippen molar-refractivity contribution in [2.45, 2.75) is 38.1 Å². The van der Waals surface area contributed by atoms with Gasteiger partial charge in [0, 0.05) is 11.7 Å². The van der Waals surface area contributed by atoms with Crippen molar-refractivity contribution in [3.8, 4) is 5.75 Å². The van der Waals surface area contributed by atoms with E-state index in [4.69, 9.17) is 4.74 Å². The van der Waals surface area contributed by atoms with Crippen LogP contribution in [0, 0.1) is 6.92 Å². The van der Waals surface area contributed by atoms with Gasteiger partial charge in [-0.2, -0.15) is 0 Å². The second-order valence-corrected chi connectivity index (χ2v) is 7.82. The second kappa shape index (κ2) is 8.82. The predicted octanol–water partition coefficient (Wildman–Crippen LogP) is 3.09. The maximum atomic E-state index is 12.2. The largest absolute Gasteiger partial charge is 0.484 e. The zero-order chi connectivity index (χ0) is 19.2. The number of rotatable bonds is 8. The number of hydrogen-bond donors (Lipinski definition) is 2. The van der Waals surface area contributed by atoms with Crippen molar-refractivity contribution in [3.63, 3.8) is 0 Å². The van der Waals surface area contributed by atoms with E-state index in [2.05, 4.69) is 10.0 Å². The fourth-order valence-corrected chi connectivity index (χ4v) is 3.44. The van der Waals surface area contributed by atoms with Gasteiger partial charge < -0.3 is 10.1 Å². The average Bonchev–Trinajstić information content (AvgIpc) is 2.61. The monoisotopic (exact) mass is 376 g/mol. The zero-order valence-electron chi connectivity index (χ0n) is 15.2. The molecule has 2 N–H and O–H groups in total. The van der Waals surface area contributed by atoms with E-state index in [0.717, 1.165) is 5.56 Å². The van der Waals surface area contributed by atoms with Gasteiger partial charge in [-0.05, 0) is 56.7 Å². The van der Waals surface area contributed by atoms with Gasteiger partial charge in [0.2, 0.25) is 10.0 Å². The van der Waals surface area contributed by atoms with E-state index >= 15 is 0 Å². The molecule has 140 valence electrons. The minimum atomic E-state index is -3.55. The van der Waals surface area contributed by atoms with Crippen molar-refractivity contribution >= 4 is 21.6 Å². The summed E-state index contributed by atoms with van der Waals surface area (Å²) in [5, 5.41) is 2.67. The van der Waals surface area contributed by atoms with Gasteiger partial charge in [0.05, 0.1) is 4.90 Å². The Morgan fingerprint density at radius 2 is 1.69 bits per heavy atom. The van der Waals surface area contributed by atoms with E-state index in [9.17, 15) is 13.2 Å². The van der Waals surface area contributed by atoms with Crippen molar-refractivity contribution < 1.29 is 17.9 Å². The summed E-state index contributed by atoms with van der Waals surface area (Å²) in [5.74, 6) is 0.294. The maximum absolute atomic E-state index is 12.2. The summed E-state index contributed by atoms with van der Waals surface area (Å²) in [6, 6.07) is 13.3. The third-order valence-corrected chi connectivity index (χ3v) is 5.41. The quantitative estimate of drug-likeness (QED) is 0.741. The van der Waals surface area contributed by atoms with Crippen LogP contribution in [0.4, 0.5) is 5.69 Å². The molecule has 2 aromatic rings. The highest BCUT2D eigenvalue weighted by molar-refractivity contribution is 7.89. The number of anilines is 1. The first-order valence-corrected chi connectivity index (χ1v) is 9.90. The molecule has 2 aromatic carbocycles. The third-order valence-electron chi connectivity index (χ3n) is 3.81. The molecule has 0 heterocycles. The number of benzene rings is 2. The van der Waals surface area contributed by atoms with Crippen LogP contribution < -0.4 is 14.8 Å². The van der Waals surface area contributed by atoms with Crippen molar-refractivity contribution in [2.24, 2.45) is 0 Å². The van der Waals surface area contributed by atoms with E-state index in [0.29, 0.717) is 17.9 Å². The Bertz CT molecular complexity index is 831. The van der Waals surface area contributed by atoms with Crippen molar-refractivity contribution in [1.82, 2.24) is 4.72 Å². The molecule has 0 bridgehead atoms. The summed E-state index contributed by atoms with van der Waals surface area (Å²) < 4.78 is 32.4. The number of nitrogens with one attached hydrogen (secondary N) is 2.